The van der Waals surface area contributed by atoms with E-state index in [1.807, 2.05) is 42.5 Å². The molecule has 0 aromatic heterocycles. The number of alkyl carbamates (subject to hydrolysis) is 1. The van der Waals surface area contributed by atoms with E-state index < -0.39 is 19.5 Å². The Hall–Kier alpha value is -4.26. The fraction of sp³-hybridized carbons (Fsp3) is 0.138. The first kappa shape index (κ1) is 26.8. The second kappa shape index (κ2) is 13.3. The van der Waals surface area contributed by atoms with Gasteiger partial charge in [0, 0.05) is 6.54 Å². The molecule has 0 fully saturated rings. The van der Waals surface area contributed by atoms with Crippen molar-refractivity contribution in [2.24, 2.45) is 5.73 Å². The third-order valence-corrected chi connectivity index (χ3v) is 7.31. The number of para-hydroxylation sites is 2. The molecular formula is C29H29N2O6P. The van der Waals surface area contributed by atoms with Gasteiger partial charge in [0.1, 0.15) is 30.5 Å². The summed E-state index contributed by atoms with van der Waals surface area (Å²) in [6.45, 7) is 0.748. The molecule has 9 heteroatoms. The topological polar surface area (TPSA) is 109 Å². The Labute approximate surface area is 221 Å². The lowest BCUT2D eigenvalue weighted by molar-refractivity contribution is 0.137. The summed E-state index contributed by atoms with van der Waals surface area (Å²) in [5, 5.41) is 2.71. The molecule has 1 atom stereocenters. The molecule has 0 bridgehead atoms. The highest BCUT2D eigenvalue weighted by molar-refractivity contribution is 7.55. The Morgan fingerprint density at radius 1 is 0.737 bits per heavy atom. The number of hydrogen-bond donors (Lipinski definition) is 2. The van der Waals surface area contributed by atoms with Crippen LogP contribution < -0.4 is 24.8 Å². The number of nitrogens with two attached hydrogens (primary N) is 1. The predicted octanol–water partition coefficient (Wildman–Crippen LogP) is 6.30. The number of rotatable bonds is 12. The van der Waals surface area contributed by atoms with Crippen molar-refractivity contribution < 1.29 is 27.9 Å². The largest absolute Gasteiger partial charge is 0.492 e. The van der Waals surface area contributed by atoms with Crippen molar-refractivity contribution >= 4 is 13.7 Å². The lowest BCUT2D eigenvalue weighted by Gasteiger charge is -2.28. The van der Waals surface area contributed by atoms with Gasteiger partial charge in [0.25, 0.3) is 0 Å². The highest BCUT2D eigenvalue weighted by atomic mass is 31.2. The van der Waals surface area contributed by atoms with Gasteiger partial charge in [0.2, 0.25) is 0 Å². The Kier molecular flexibility index (Phi) is 9.40. The molecule has 4 aromatic rings. The van der Waals surface area contributed by atoms with Crippen molar-refractivity contribution in [1.29, 1.82) is 0 Å². The maximum Gasteiger partial charge on any atom is 0.457 e. The maximum absolute atomic E-state index is 14.6. The first-order valence-electron chi connectivity index (χ1n) is 12.0. The van der Waals surface area contributed by atoms with Crippen molar-refractivity contribution in [1.82, 2.24) is 5.32 Å². The SMILES string of the molecule is NCCOc1ccc(C(NC(=O)OCc2ccccc2)P(=O)(Oc2ccccc2)Oc2ccccc2)cc1. The summed E-state index contributed by atoms with van der Waals surface area (Å²) < 4.78 is 37.5. The summed E-state index contributed by atoms with van der Waals surface area (Å²) in [5.74, 6) is 0.000342. The quantitative estimate of drug-likeness (QED) is 0.206. The molecule has 8 nitrogen and oxygen atoms in total. The van der Waals surface area contributed by atoms with Crippen molar-refractivity contribution in [3.8, 4) is 17.2 Å². The lowest BCUT2D eigenvalue weighted by Crippen LogP contribution is -2.31. The lowest BCUT2D eigenvalue weighted by atomic mass is 10.2. The van der Waals surface area contributed by atoms with Gasteiger partial charge in [-0.1, -0.05) is 78.9 Å². The van der Waals surface area contributed by atoms with Crippen LogP contribution in [0.3, 0.4) is 0 Å². The van der Waals surface area contributed by atoms with Gasteiger partial charge in [-0.05, 0) is 47.5 Å². The minimum absolute atomic E-state index is 0.0364. The van der Waals surface area contributed by atoms with Gasteiger partial charge >= 0.3 is 13.7 Å². The van der Waals surface area contributed by atoms with Crippen LogP contribution in [0.5, 0.6) is 17.2 Å². The highest BCUT2D eigenvalue weighted by Crippen LogP contribution is 2.59. The van der Waals surface area contributed by atoms with E-state index in [0.29, 0.717) is 36.0 Å². The van der Waals surface area contributed by atoms with Crippen LogP contribution in [-0.4, -0.2) is 19.2 Å². The first-order valence-corrected chi connectivity index (χ1v) is 13.7. The molecule has 4 aromatic carbocycles. The number of carbonyl (C=O) groups excluding carboxylic acids is 1. The van der Waals surface area contributed by atoms with Gasteiger partial charge in [-0.25, -0.2) is 9.36 Å². The Morgan fingerprint density at radius 3 is 1.79 bits per heavy atom. The van der Waals surface area contributed by atoms with E-state index in [-0.39, 0.29) is 6.61 Å². The number of hydrogen-bond acceptors (Lipinski definition) is 7. The molecule has 0 radical (unpaired) electrons. The van der Waals surface area contributed by atoms with E-state index in [1.54, 1.807) is 72.8 Å². The number of benzene rings is 4. The molecule has 0 aliphatic carbocycles. The number of nitrogens with one attached hydrogen (secondary N) is 1. The van der Waals surface area contributed by atoms with E-state index in [2.05, 4.69) is 5.32 Å². The molecular weight excluding hydrogens is 503 g/mol. The second-order valence-corrected chi connectivity index (χ2v) is 10.1. The Bertz CT molecular complexity index is 1280. The highest BCUT2D eigenvalue weighted by Gasteiger charge is 2.42. The van der Waals surface area contributed by atoms with Crippen molar-refractivity contribution in [3.63, 3.8) is 0 Å². The molecule has 0 saturated heterocycles. The van der Waals surface area contributed by atoms with Gasteiger partial charge in [0.05, 0.1) is 0 Å². The first-order chi connectivity index (χ1) is 18.6. The smallest absolute Gasteiger partial charge is 0.457 e. The van der Waals surface area contributed by atoms with Gasteiger partial charge in [-0.15, -0.1) is 0 Å². The third kappa shape index (κ3) is 7.62. The average molecular weight is 533 g/mol. The van der Waals surface area contributed by atoms with Crippen molar-refractivity contribution in [2.45, 2.75) is 12.4 Å². The normalized spacial score (nSPS) is 11.7. The average Bonchev–Trinajstić information content (AvgIpc) is 2.95. The van der Waals surface area contributed by atoms with Crippen LogP contribution >= 0.6 is 7.60 Å². The fourth-order valence-corrected chi connectivity index (χ4v) is 5.41. The van der Waals surface area contributed by atoms with Gasteiger partial charge in [-0.2, -0.15) is 0 Å². The van der Waals surface area contributed by atoms with Crippen LogP contribution in [0.25, 0.3) is 0 Å². The summed E-state index contributed by atoms with van der Waals surface area (Å²) in [6, 6.07) is 33.3. The van der Waals surface area contributed by atoms with E-state index in [4.69, 9.17) is 24.3 Å². The van der Waals surface area contributed by atoms with Crippen LogP contribution in [0, 0.1) is 0 Å². The standard InChI is InChI=1S/C29H29N2O6P/c30-20-21-34-25-18-16-24(17-19-25)28(31-29(32)35-22-23-10-4-1-5-11-23)38(33,36-26-12-6-2-7-13-26)37-27-14-8-3-9-15-27/h1-19,28H,20-22,30H2,(H,31,32). The van der Waals surface area contributed by atoms with Crippen molar-refractivity contribution in [3.05, 3.63) is 126 Å². The monoisotopic (exact) mass is 532 g/mol. The fourth-order valence-electron chi connectivity index (χ4n) is 3.53. The summed E-state index contributed by atoms with van der Waals surface area (Å²) in [6.07, 6.45) is -0.782. The van der Waals surface area contributed by atoms with E-state index in [0.717, 1.165) is 5.56 Å². The van der Waals surface area contributed by atoms with Crippen LogP contribution in [0.15, 0.2) is 115 Å². The second-order valence-electron chi connectivity index (χ2n) is 8.16. The number of ether oxygens (including phenoxy) is 2. The molecule has 0 aliphatic rings. The van der Waals surface area contributed by atoms with Crippen LogP contribution in [0.2, 0.25) is 0 Å². The van der Waals surface area contributed by atoms with Crippen molar-refractivity contribution in [2.75, 3.05) is 13.2 Å². The van der Waals surface area contributed by atoms with Gasteiger partial charge in [0.15, 0.2) is 5.78 Å². The third-order valence-electron chi connectivity index (χ3n) is 5.32. The summed E-state index contributed by atoms with van der Waals surface area (Å²) in [7, 11) is -4.15. The van der Waals surface area contributed by atoms with Gasteiger partial charge in [-0.3, -0.25) is 0 Å². The number of carbonyl (C=O) groups is 1. The molecule has 4 rings (SSSR count). The van der Waals surface area contributed by atoms with E-state index in [9.17, 15) is 9.36 Å². The summed E-state index contributed by atoms with van der Waals surface area (Å²) in [4.78, 5) is 13.0. The zero-order valence-corrected chi connectivity index (χ0v) is 21.5. The Morgan fingerprint density at radius 2 is 1.26 bits per heavy atom. The van der Waals surface area contributed by atoms with Crippen LogP contribution in [0.1, 0.15) is 16.9 Å². The van der Waals surface area contributed by atoms with Gasteiger partial charge < -0.3 is 29.6 Å². The molecule has 196 valence electrons. The summed E-state index contributed by atoms with van der Waals surface area (Å²) >= 11 is 0. The predicted molar refractivity (Wildman–Crippen MR) is 145 cm³/mol. The number of amides is 1. The zero-order valence-electron chi connectivity index (χ0n) is 20.6. The summed E-state index contributed by atoms with van der Waals surface area (Å²) in [5.41, 5.74) is 6.81. The minimum atomic E-state index is -4.15. The molecule has 0 aliphatic heterocycles. The molecule has 1 unspecified atom stereocenters. The van der Waals surface area contributed by atoms with Crippen LogP contribution in [0.4, 0.5) is 4.79 Å². The molecule has 0 spiro atoms. The molecule has 1 amide bonds. The zero-order chi connectivity index (χ0) is 26.6. The minimum Gasteiger partial charge on any atom is -0.492 e. The maximum atomic E-state index is 14.6. The molecule has 0 heterocycles. The van der Waals surface area contributed by atoms with E-state index >= 15 is 0 Å². The molecule has 0 saturated carbocycles. The molecule has 3 N–H and O–H groups in total. The Balaban J connectivity index is 1.66. The van der Waals surface area contributed by atoms with E-state index in [1.165, 1.54) is 0 Å². The van der Waals surface area contributed by atoms with Crippen LogP contribution in [-0.2, 0) is 15.9 Å². The molecule has 38 heavy (non-hydrogen) atoms.